The topological polar surface area (TPSA) is 85.5 Å². The molecule has 1 amide bonds. The minimum atomic E-state index is -0.274. The van der Waals surface area contributed by atoms with Gasteiger partial charge in [-0.1, -0.05) is 13.8 Å². The highest BCUT2D eigenvalue weighted by molar-refractivity contribution is 9.10. The van der Waals surface area contributed by atoms with E-state index in [1.54, 1.807) is 33.5 Å². The molecule has 0 bridgehead atoms. The first-order valence-corrected chi connectivity index (χ1v) is 8.53. The molecule has 2 aromatic rings. The Bertz CT molecular complexity index is 733. The van der Waals surface area contributed by atoms with Crippen LogP contribution in [0.5, 0.6) is 17.2 Å². The first-order valence-electron chi connectivity index (χ1n) is 7.73. The van der Waals surface area contributed by atoms with Gasteiger partial charge < -0.3 is 19.5 Å². The number of benzene rings is 1. The number of methoxy groups -OCH3 is 3. The fraction of sp³-hybridized carbons (Fsp3) is 0.412. The second-order valence-corrected chi connectivity index (χ2v) is 6.46. The molecule has 1 aromatic carbocycles. The lowest BCUT2D eigenvalue weighted by Crippen LogP contribution is -2.23. The van der Waals surface area contributed by atoms with Crippen LogP contribution in [0, 0.1) is 0 Å². The Labute approximate surface area is 155 Å². The van der Waals surface area contributed by atoms with Crippen molar-refractivity contribution >= 4 is 21.8 Å². The van der Waals surface area contributed by atoms with Crippen LogP contribution in [-0.2, 0) is 6.54 Å². The summed E-state index contributed by atoms with van der Waals surface area (Å²) in [6.45, 7) is 4.34. The highest BCUT2D eigenvalue weighted by Crippen LogP contribution is 2.38. The highest BCUT2D eigenvalue weighted by atomic mass is 79.9. The Hall–Kier alpha value is -2.22. The number of amides is 1. The smallest absolute Gasteiger partial charge is 0.273 e. The molecule has 2 N–H and O–H groups in total. The molecule has 0 unspecified atom stereocenters. The number of rotatable bonds is 7. The number of nitrogens with zero attached hydrogens (tertiary/aromatic N) is 1. The maximum absolute atomic E-state index is 12.4. The largest absolute Gasteiger partial charge is 0.493 e. The minimum absolute atomic E-state index is 0.235. The summed E-state index contributed by atoms with van der Waals surface area (Å²) in [6.07, 6.45) is 0. The molecule has 0 atom stereocenters. The third kappa shape index (κ3) is 4.07. The van der Waals surface area contributed by atoms with Gasteiger partial charge in [0.05, 0.1) is 31.5 Å². The summed E-state index contributed by atoms with van der Waals surface area (Å²) >= 11 is 3.43. The average molecular weight is 412 g/mol. The molecule has 0 spiro atoms. The summed E-state index contributed by atoms with van der Waals surface area (Å²) in [7, 11) is 4.64. The van der Waals surface area contributed by atoms with Gasteiger partial charge in [-0.05, 0) is 39.5 Å². The molecule has 0 aliphatic carbocycles. The molecule has 0 radical (unpaired) electrons. The number of H-pyrrole nitrogens is 1. The molecule has 0 saturated carbocycles. The molecular formula is C17H22BrN3O4. The summed E-state index contributed by atoms with van der Waals surface area (Å²) in [6, 6.07) is 3.58. The van der Waals surface area contributed by atoms with Crippen molar-refractivity contribution in [3.8, 4) is 17.2 Å². The third-order valence-electron chi connectivity index (χ3n) is 3.70. The molecule has 0 aliphatic heterocycles. The SMILES string of the molecule is COc1cc(CNC(=O)c2n[nH]c(C(C)C)c2Br)cc(OC)c1OC. The molecule has 1 heterocycles. The Morgan fingerprint density at radius 2 is 1.80 bits per heavy atom. The van der Waals surface area contributed by atoms with E-state index in [4.69, 9.17) is 14.2 Å². The molecule has 0 aliphatic rings. The van der Waals surface area contributed by atoms with E-state index in [1.807, 2.05) is 13.8 Å². The van der Waals surface area contributed by atoms with Crippen molar-refractivity contribution in [1.29, 1.82) is 0 Å². The summed E-state index contributed by atoms with van der Waals surface area (Å²) in [5.74, 6) is 1.54. The number of ether oxygens (including phenoxy) is 3. The zero-order valence-corrected chi connectivity index (χ0v) is 16.5. The molecule has 2 rings (SSSR count). The van der Waals surface area contributed by atoms with Crippen molar-refractivity contribution in [2.75, 3.05) is 21.3 Å². The van der Waals surface area contributed by atoms with E-state index < -0.39 is 0 Å². The van der Waals surface area contributed by atoms with Crippen molar-refractivity contribution in [2.24, 2.45) is 0 Å². The monoisotopic (exact) mass is 411 g/mol. The number of hydrogen-bond acceptors (Lipinski definition) is 5. The van der Waals surface area contributed by atoms with Gasteiger partial charge in [0, 0.05) is 6.54 Å². The minimum Gasteiger partial charge on any atom is -0.493 e. The van der Waals surface area contributed by atoms with Crippen molar-refractivity contribution in [2.45, 2.75) is 26.3 Å². The number of aromatic amines is 1. The van der Waals surface area contributed by atoms with E-state index in [0.717, 1.165) is 11.3 Å². The standard InChI is InChI=1S/C17H22BrN3O4/c1-9(2)14-13(18)15(21-20-14)17(22)19-8-10-6-11(23-3)16(25-5)12(7-10)24-4/h6-7,9H,8H2,1-5H3,(H,19,22)(H,20,21). The Balaban J connectivity index is 2.17. The number of halogens is 1. The average Bonchev–Trinajstić information content (AvgIpc) is 3.00. The molecule has 7 nitrogen and oxygen atoms in total. The van der Waals surface area contributed by atoms with Crippen molar-refractivity contribution in [3.05, 3.63) is 33.6 Å². The Morgan fingerprint density at radius 1 is 1.20 bits per heavy atom. The summed E-state index contributed by atoms with van der Waals surface area (Å²) in [5, 5.41) is 9.83. The Kier molecular flexibility index (Phi) is 6.30. The molecule has 0 fully saturated rings. The van der Waals surface area contributed by atoms with E-state index in [0.29, 0.717) is 34.0 Å². The van der Waals surface area contributed by atoms with Crippen LogP contribution < -0.4 is 19.5 Å². The van der Waals surface area contributed by atoms with Crippen molar-refractivity contribution in [1.82, 2.24) is 15.5 Å². The predicted molar refractivity (Wildman–Crippen MR) is 97.6 cm³/mol. The quantitative estimate of drug-likeness (QED) is 0.729. The van der Waals surface area contributed by atoms with Crippen LogP contribution in [0.3, 0.4) is 0 Å². The fourth-order valence-electron chi connectivity index (χ4n) is 2.38. The van der Waals surface area contributed by atoms with Crippen LogP contribution in [0.25, 0.3) is 0 Å². The molecule has 136 valence electrons. The van der Waals surface area contributed by atoms with E-state index >= 15 is 0 Å². The van der Waals surface area contributed by atoms with Gasteiger partial charge in [0.1, 0.15) is 0 Å². The van der Waals surface area contributed by atoms with Crippen LogP contribution >= 0.6 is 15.9 Å². The van der Waals surface area contributed by atoms with Crippen molar-refractivity contribution in [3.63, 3.8) is 0 Å². The zero-order chi connectivity index (χ0) is 18.6. The summed E-state index contributed by atoms with van der Waals surface area (Å²) in [4.78, 5) is 12.4. The van der Waals surface area contributed by atoms with Crippen LogP contribution in [0.2, 0.25) is 0 Å². The van der Waals surface area contributed by atoms with Gasteiger partial charge in [0.15, 0.2) is 17.2 Å². The van der Waals surface area contributed by atoms with Gasteiger partial charge in [-0.3, -0.25) is 9.89 Å². The van der Waals surface area contributed by atoms with Crippen LogP contribution in [0.1, 0.15) is 41.5 Å². The van der Waals surface area contributed by atoms with Crippen LogP contribution in [-0.4, -0.2) is 37.4 Å². The first kappa shape index (κ1) is 19.1. The molecule has 8 heteroatoms. The van der Waals surface area contributed by atoms with E-state index in [9.17, 15) is 4.79 Å². The van der Waals surface area contributed by atoms with Gasteiger partial charge in [0.25, 0.3) is 5.91 Å². The molecule has 0 saturated heterocycles. The first-order chi connectivity index (χ1) is 11.9. The van der Waals surface area contributed by atoms with Gasteiger partial charge >= 0.3 is 0 Å². The fourth-order valence-corrected chi connectivity index (χ4v) is 3.19. The zero-order valence-electron chi connectivity index (χ0n) is 14.9. The number of carbonyl (C=O) groups is 1. The number of aromatic nitrogens is 2. The number of carbonyl (C=O) groups excluding carboxylic acids is 1. The highest BCUT2D eigenvalue weighted by Gasteiger charge is 2.19. The lowest BCUT2D eigenvalue weighted by Gasteiger charge is -2.14. The second kappa shape index (κ2) is 8.24. The number of nitrogens with one attached hydrogen (secondary N) is 2. The summed E-state index contributed by atoms with van der Waals surface area (Å²) in [5.41, 5.74) is 2.03. The predicted octanol–water partition coefficient (Wildman–Crippen LogP) is 3.25. The van der Waals surface area contributed by atoms with Crippen LogP contribution in [0.15, 0.2) is 16.6 Å². The second-order valence-electron chi connectivity index (χ2n) is 5.67. The van der Waals surface area contributed by atoms with Gasteiger partial charge in [-0.25, -0.2) is 0 Å². The molecule has 25 heavy (non-hydrogen) atoms. The van der Waals surface area contributed by atoms with Gasteiger partial charge in [-0.2, -0.15) is 5.10 Å². The Morgan fingerprint density at radius 3 is 2.24 bits per heavy atom. The van der Waals surface area contributed by atoms with Crippen LogP contribution in [0.4, 0.5) is 0 Å². The normalized spacial score (nSPS) is 10.7. The molecular weight excluding hydrogens is 390 g/mol. The third-order valence-corrected chi connectivity index (χ3v) is 4.51. The lowest BCUT2D eigenvalue weighted by molar-refractivity contribution is 0.0945. The molecule has 1 aromatic heterocycles. The van der Waals surface area contributed by atoms with E-state index in [-0.39, 0.29) is 11.8 Å². The maximum Gasteiger partial charge on any atom is 0.273 e. The lowest BCUT2D eigenvalue weighted by atomic mass is 10.1. The van der Waals surface area contributed by atoms with E-state index in [1.165, 1.54) is 0 Å². The van der Waals surface area contributed by atoms with Gasteiger partial charge in [-0.15, -0.1) is 0 Å². The van der Waals surface area contributed by atoms with Gasteiger partial charge in [0.2, 0.25) is 5.75 Å². The van der Waals surface area contributed by atoms with Crippen molar-refractivity contribution < 1.29 is 19.0 Å². The van der Waals surface area contributed by atoms with E-state index in [2.05, 4.69) is 31.4 Å². The number of hydrogen-bond donors (Lipinski definition) is 2. The maximum atomic E-state index is 12.4. The summed E-state index contributed by atoms with van der Waals surface area (Å²) < 4.78 is 16.6.